The van der Waals surface area contributed by atoms with Crippen LogP contribution in [0.3, 0.4) is 0 Å². The van der Waals surface area contributed by atoms with Crippen molar-refractivity contribution in [2.45, 2.75) is 27.2 Å². The molecule has 0 fully saturated rings. The van der Waals surface area contributed by atoms with Crippen molar-refractivity contribution >= 4 is 11.9 Å². The molecule has 84 valence electrons. The van der Waals surface area contributed by atoms with Crippen molar-refractivity contribution in [3.63, 3.8) is 0 Å². The molecule has 0 aliphatic heterocycles. The van der Waals surface area contributed by atoms with Crippen LogP contribution in [0.2, 0.25) is 0 Å². The lowest BCUT2D eigenvalue weighted by atomic mass is 9.89. The van der Waals surface area contributed by atoms with E-state index in [1.165, 1.54) is 6.92 Å². The number of nitrogens with zero attached hydrogens (tertiary/aromatic N) is 1. The van der Waals surface area contributed by atoms with E-state index in [9.17, 15) is 9.59 Å². The first kappa shape index (κ1) is 13.4. The smallest absolute Gasteiger partial charge is 0.326 e. The summed E-state index contributed by atoms with van der Waals surface area (Å²) in [4.78, 5) is 22.5. The van der Waals surface area contributed by atoms with Crippen LogP contribution in [0.1, 0.15) is 27.2 Å². The zero-order valence-corrected chi connectivity index (χ0v) is 9.20. The summed E-state index contributed by atoms with van der Waals surface area (Å²) in [5.74, 6) is -1.27. The molecule has 0 saturated heterocycles. The highest BCUT2D eigenvalue weighted by atomic mass is 16.5. The Balaban J connectivity index is 4.51. The zero-order valence-electron chi connectivity index (χ0n) is 9.20. The summed E-state index contributed by atoms with van der Waals surface area (Å²) in [6.45, 7) is 5.07. The molecule has 0 amide bonds. The van der Waals surface area contributed by atoms with Gasteiger partial charge >= 0.3 is 11.9 Å². The van der Waals surface area contributed by atoms with Gasteiger partial charge in [0.1, 0.15) is 0 Å². The van der Waals surface area contributed by atoms with Gasteiger partial charge in [-0.25, -0.2) is 0 Å². The molecule has 1 atom stereocenters. The summed E-state index contributed by atoms with van der Waals surface area (Å²) in [5.41, 5.74) is -1.46. The van der Waals surface area contributed by atoms with Crippen molar-refractivity contribution in [1.82, 2.24) is 0 Å². The van der Waals surface area contributed by atoms with Gasteiger partial charge in [0.25, 0.3) is 0 Å². The van der Waals surface area contributed by atoms with Crippen LogP contribution in [0.25, 0.3) is 0 Å². The van der Waals surface area contributed by atoms with Crippen molar-refractivity contribution in [1.29, 1.82) is 5.26 Å². The zero-order chi connectivity index (χ0) is 11.9. The summed E-state index contributed by atoms with van der Waals surface area (Å²) in [5, 5.41) is 8.84. The third kappa shape index (κ3) is 3.98. The van der Waals surface area contributed by atoms with Crippen molar-refractivity contribution in [2.24, 2.45) is 5.41 Å². The Hall–Kier alpha value is -1.57. The molecule has 0 aromatic carbocycles. The summed E-state index contributed by atoms with van der Waals surface area (Å²) in [6.07, 6.45) is -0.282. The van der Waals surface area contributed by atoms with Gasteiger partial charge in [-0.05, 0) is 20.8 Å². The average Bonchev–Trinajstić information content (AvgIpc) is 2.18. The number of carbonyl (C=O) groups is 2. The second-order valence-corrected chi connectivity index (χ2v) is 3.15. The van der Waals surface area contributed by atoms with E-state index >= 15 is 0 Å². The molecular weight excluding hydrogens is 198 g/mol. The summed E-state index contributed by atoms with van der Waals surface area (Å²) in [6, 6.07) is 1.78. The normalized spacial score (nSPS) is 13.5. The third-order valence-corrected chi connectivity index (χ3v) is 1.78. The molecule has 0 heterocycles. The predicted molar refractivity (Wildman–Crippen MR) is 51.6 cm³/mol. The Morgan fingerprint density at radius 2 is 1.80 bits per heavy atom. The van der Waals surface area contributed by atoms with E-state index in [1.807, 2.05) is 0 Å². The third-order valence-electron chi connectivity index (χ3n) is 1.78. The molecule has 5 nitrogen and oxygen atoms in total. The molecule has 0 radical (unpaired) electrons. The summed E-state index contributed by atoms with van der Waals surface area (Å²) >= 11 is 0. The van der Waals surface area contributed by atoms with Gasteiger partial charge in [0, 0.05) is 0 Å². The lowest BCUT2D eigenvalue weighted by Crippen LogP contribution is -2.31. The lowest BCUT2D eigenvalue weighted by molar-refractivity contribution is -0.157. The standard InChI is InChI=1S/C10H15NO4/c1-4-14-8(12)6-10(3,7-11)9(13)15-5-2/h4-6H2,1-3H3/t10-/m0/s1. The van der Waals surface area contributed by atoms with Gasteiger partial charge in [-0.2, -0.15) is 5.26 Å². The number of esters is 2. The SMILES string of the molecule is CCOC(=O)C[C@@](C)(C#N)C(=O)OCC. The fraction of sp³-hybridized carbons (Fsp3) is 0.700. The number of rotatable bonds is 5. The van der Waals surface area contributed by atoms with Crippen molar-refractivity contribution in [2.75, 3.05) is 13.2 Å². The van der Waals surface area contributed by atoms with Gasteiger partial charge in [0.05, 0.1) is 25.7 Å². The van der Waals surface area contributed by atoms with Gasteiger partial charge in [0.2, 0.25) is 0 Å². The minimum absolute atomic E-state index is 0.179. The van der Waals surface area contributed by atoms with E-state index in [0.717, 1.165) is 0 Å². The quantitative estimate of drug-likeness (QED) is 0.637. The molecule has 0 unspecified atom stereocenters. The van der Waals surface area contributed by atoms with Crippen LogP contribution >= 0.6 is 0 Å². The van der Waals surface area contributed by atoms with E-state index in [1.54, 1.807) is 19.9 Å². The highest BCUT2D eigenvalue weighted by Gasteiger charge is 2.38. The number of nitriles is 1. The maximum atomic E-state index is 11.4. The van der Waals surface area contributed by atoms with E-state index in [4.69, 9.17) is 10.00 Å². The second-order valence-electron chi connectivity index (χ2n) is 3.15. The predicted octanol–water partition coefficient (Wildman–Crippen LogP) is 1.03. The molecule has 0 rings (SSSR count). The molecule has 0 aromatic rings. The van der Waals surface area contributed by atoms with E-state index < -0.39 is 17.4 Å². The van der Waals surface area contributed by atoms with Crippen LogP contribution in [0.15, 0.2) is 0 Å². The Labute approximate surface area is 89.0 Å². The van der Waals surface area contributed by atoms with E-state index in [0.29, 0.717) is 0 Å². The van der Waals surface area contributed by atoms with Crippen LogP contribution in [-0.2, 0) is 19.1 Å². The van der Waals surface area contributed by atoms with Crippen molar-refractivity contribution in [3.05, 3.63) is 0 Å². The first-order valence-electron chi connectivity index (χ1n) is 4.74. The molecule has 0 bridgehead atoms. The minimum Gasteiger partial charge on any atom is -0.466 e. The molecule has 0 aromatic heterocycles. The van der Waals surface area contributed by atoms with Crippen LogP contribution in [-0.4, -0.2) is 25.2 Å². The first-order valence-corrected chi connectivity index (χ1v) is 4.74. The number of hydrogen-bond donors (Lipinski definition) is 0. The average molecular weight is 213 g/mol. The first-order chi connectivity index (χ1) is 7.00. The molecular formula is C10H15NO4. The van der Waals surface area contributed by atoms with Gasteiger partial charge in [0.15, 0.2) is 5.41 Å². The van der Waals surface area contributed by atoms with Gasteiger partial charge < -0.3 is 9.47 Å². The van der Waals surface area contributed by atoms with Crippen LogP contribution in [0.5, 0.6) is 0 Å². The Morgan fingerprint density at radius 3 is 2.20 bits per heavy atom. The number of hydrogen-bond acceptors (Lipinski definition) is 5. The summed E-state index contributed by atoms with van der Waals surface area (Å²) < 4.78 is 9.38. The number of ether oxygens (including phenoxy) is 2. The molecule has 15 heavy (non-hydrogen) atoms. The van der Waals surface area contributed by atoms with Gasteiger partial charge in [-0.3, -0.25) is 9.59 Å². The van der Waals surface area contributed by atoms with Crippen molar-refractivity contribution < 1.29 is 19.1 Å². The monoisotopic (exact) mass is 213 g/mol. The molecule has 5 heteroatoms. The fourth-order valence-corrected chi connectivity index (χ4v) is 0.948. The second kappa shape index (κ2) is 6.02. The van der Waals surface area contributed by atoms with Crippen molar-refractivity contribution in [3.8, 4) is 6.07 Å². The molecule has 0 aliphatic carbocycles. The van der Waals surface area contributed by atoms with E-state index in [2.05, 4.69) is 4.74 Å². The largest absolute Gasteiger partial charge is 0.466 e. The topological polar surface area (TPSA) is 76.4 Å². The molecule has 0 saturated carbocycles. The Kier molecular flexibility index (Phi) is 5.39. The Bertz CT molecular complexity index is 282. The maximum Gasteiger partial charge on any atom is 0.326 e. The highest BCUT2D eigenvalue weighted by molar-refractivity contribution is 5.85. The van der Waals surface area contributed by atoms with Crippen LogP contribution < -0.4 is 0 Å². The Morgan fingerprint density at radius 1 is 1.27 bits per heavy atom. The summed E-state index contributed by atoms with van der Waals surface area (Å²) in [7, 11) is 0. The molecule has 0 N–H and O–H groups in total. The van der Waals surface area contributed by atoms with Gasteiger partial charge in [-0.15, -0.1) is 0 Å². The highest BCUT2D eigenvalue weighted by Crippen LogP contribution is 2.22. The van der Waals surface area contributed by atoms with Crippen LogP contribution in [0, 0.1) is 16.7 Å². The molecule has 0 spiro atoms. The maximum absolute atomic E-state index is 11.4. The van der Waals surface area contributed by atoms with Gasteiger partial charge in [-0.1, -0.05) is 0 Å². The van der Waals surface area contributed by atoms with E-state index in [-0.39, 0.29) is 19.6 Å². The van der Waals surface area contributed by atoms with Crippen LogP contribution in [0.4, 0.5) is 0 Å². The minimum atomic E-state index is -1.46. The fourth-order valence-electron chi connectivity index (χ4n) is 0.948. The number of carbonyl (C=O) groups excluding carboxylic acids is 2. The lowest BCUT2D eigenvalue weighted by Gasteiger charge is -2.17. The molecule has 0 aliphatic rings.